The van der Waals surface area contributed by atoms with Crippen molar-refractivity contribution in [2.75, 3.05) is 27.3 Å². The quantitative estimate of drug-likeness (QED) is 0.0949. The van der Waals surface area contributed by atoms with Crippen LogP contribution < -0.4 is 15.4 Å². The van der Waals surface area contributed by atoms with Crippen molar-refractivity contribution < 1.29 is 33.4 Å². The van der Waals surface area contributed by atoms with Gasteiger partial charge in [0, 0.05) is 29.4 Å². The maximum absolute atomic E-state index is 14.0. The number of benzene rings is 3. The smallest absolute Gasteiger partial charge is 0.407 e. The molecule has 0 unspecified atom stereocenters. The first-order valence-electron chi connectivity index (χ1n) is 20.3. The van der Waals surface area contributed by atoms with Gasteiger partial charge in [-0.3, -0.25) is 9.59 Å². The minimum Gasteiger partial charge on any atom is -0.488 e. The summed E-state index contributed by atoms with van der Waals surface area (Å²) < 4.78 is 15.9. The lowest BCUT2D eigenvalue weighted by molar-refractivity contribution is -0.135. The summed E-state index contributed by atoms with van der Waals surface area (Å²) in [7, 11) is 2.54. The number of aromatic amines is 2. The number of fused-ring (bicyclic) bond motifs is 6. The van der Waals surface area contributed by atoms with Crippen molar-refractivity contribution in [2.45, 2.75) is 78.7 Å². The lowest BCUT2D eigenvalue weighted by atomic mass is 9.86. The Balaban J connectivity index is 1.09. The maximum Gasteiger partial charge on any atom is 0.407 e. The van der Waals surface area contributed by atoms with Gasteiger partial charge in [-0.05, 0) is 78.1 Å². The van der Waals surface area contributed by atoms with Gasteiger partial charge in [0.2, 0.25) is 11.8 Å². The molecule has 15 heteroatoms. The molecule has 1 aliphatic heterocycles. The van der Waals surface area contributed by atoms with Gasteiger partial charge in [-0.1, -0.05) is 63.2 Å². The van der Waals surface area contributed by atoms with Crippen molar-refractivity contribution in [3.8, 4) is 39.4 Å². The Kier molecular flexibility index (Phi) is 12.5. The lowest BCUT2D eigenvalue weighted by Gasteiger charge is -2.28. The van der Waals surface area contributed by atoms with Crippen molar-refractivity contribution in [1.82, 2.24) is 40.4 Å². The molecule has 4 amide bonds. The van der Waals surface area contributed by atoms with Crippen LogP contribution in [0.3, 0.4) is 0 Å². The molecule has 0 bridgehead atoms. The largest absolute Gasteiger partial charge is 0.488 e. The molecule has 2 aliphatic rings. The number of aromatic nitrogens is 4. The number of rotatable bonds is 14. The Morgan fingerprint density at radius 3 is 2.38 bits per heavy atom. The molecule has 2 atom stereocenters. The summed E-state index contributed by atoms with van der Waals surface area (Å²) in [4.78, 5) is 71.1. The van der Waals surface area contributed by atoms with Gasteiger partial charge in [0.25, 0.3) is 0 Å². The first kappa shape index (κ1) is 41.5. The molecule has 4 N–H and O–H groups in total. The number of ether oxygens (including phenoxy) is 3. The average molecular weight is 817 g/mol. The third-order valence-electron chi connectivity index (χ3n) is 11.0. The summed E-state index contributed by atoms with van der Waals surface area (Å²) in [6, 6.07) is 18.7. The number of carbonyl (C=O) groups excluding carboxylic acids is 4. The normalized spacial score (nSPS) is 13.4. The minimum absolute atomic E-state index is 0.0603. The van der Waals surface area contributed by atoms with Crippen LogP contribution in [0.25, 0.3) is 33.6 Å². The van der Waals surface area contributed by atoms with Gasteiger partial charge in [0.1, 0.15) is 36.6 Å². The van der Waals surface area contributed by atoms with E-state index in [9.17, 15) is 19.2 Å². The molecule has 0 radical (unpaired) electrons. The van der Waals surface area contributed by atoms with Crippen molar-refractivity contribution >= 4 is 24.0 Å². The molecule has 1 aliphatic carbocycles. The fraction of sp³-hybridized carbons (Fsp3) is 0.378. The van der Waals surface area contributed by atoms with Crippen molar-refractivity contribution in [3.63, 3.8) is 0 Å². The fourth-order valence-corrected chi connectivity index (χ4v) is 7.81. The van der Waals surface area contributed by atoms with E-state index in [0.29, 0.717) is 30.4 Å². The Morgan fingerprint density at radius 1 is 0.867 bits per heavy atom. The number of amides is 4. The van der Waals surface area contributed by atoms with Crippen LogP contribution in [-0.4, -0.2) is 87.1 Å². The molecule has 5 aromatic rings. The number of H-pyrrole nitrogens is 2. The van der Waals surface area contributed by atoms with Crippen LogP contribution >= 0.6 is 0 Å². The highest BCUT2D eigenvalue weighted by Gasteiger charge is 2.30. The maximum atomic E-state index is 14.0. The summed E-state index contributed by atoms with van der Waals surface area (Å²) in [5, 5.41) is 5.20. The van der Waals surface area contributed by atoms with Gasteiger partial charge in [-0.15, -0.1) is 0 Å². The third-order valence-corrected chi connectivity index (χ3v) is 11.0. The van der Waals surface area contributed by atoms with Gasteiger partial charge in [0.05, 0.1) is 44.9 Å². The number of aryl methyl sites for hydroxylation is 2. The van der Waals surface area contributed by atoms with Crippen LogP contribution in [-0.2, 0) is 51.6 Å². The fourth-order valence-electron chi connectivity index (χ4n) is 7.81. The molecule has 15 nitrogen and oxygen atoms in total. The number of nitrogens with zero attached hydrogens (tertiary/aromatic N) is 4. The SMILES string of the molecule is CC[C@H](C)N(Cc1nc2c([nH]1)CCc1cc3c(cc1-2)OCc1cc(-c2cnc(CN(CC(C)C)C(=O)[C@H](NC(=O)OC)c4ccccc4)[nH]2)ccc1-3)C(=O)CNC(=O)OC. The van der Waals surface area contributed by atoms with E-state index in [2.05, 4.69) is 60.7 Å². The summed E-state index contributed by atoms with van der Waals surface area (Å²) in [5.41, 5.74) is 9.63. The molecule has 60 heavy (non-hydrogen) atoms. The van der Waals surface area contributed by atoms with E-state index >= 15 is 0 Å². The predicted molar refractivity (Wildman–Crippen MR) is 224 cm³/mol. The van der Waals surface area contributed by atoms with Crippen LogP contribution in [0.15, 0.2) is 66.9 Å². The van der Waals surface area contributed by atoms with E-state index in [4.69, 9.17) is 14.5 Å². The molecule has 2 aromatic heterocycles. The van der Waals surface area contributed by atoms with E-state index in [0.717, 1.165) is 69.9 Å². The monoisotopic (exact) mass is 816 g/mol. The van der Waals surface area contributed by atoms with Crippen LogP contribution in [0, 0.1) is 5.92 Å². The molecular weight excluding hydrogens is 765 g/mol. The molecule has 3 aromatic carbocycles. The molecular formula is C45H52N8O7. The topological polar surface area (TPSA) is 184 Å². The van der Waals surface area contributed by atoms with Crippen LogP contribution in [0.1, 0.15) is 74.2 Å². The second-order valence-electron chi connectivity index (χ2n) is 15.6. The van der Waals surface area contributed by atoms with Crippen molar-refractivity contribution in [3.05, 3.63) is 101 Å². The molecule has 0 saturated heterocycles. The summed E-state index contributed by atoms with van der Waals surface area (Å²) in [6.07, 6.45) is 2.78. The first-order chi connectivity index (χ1) is 29.0. The molecule has 0 saturated carbocycles. The van der Waals surface area contributed by atoms with Crippen LogP contribution in [0.2, 0.25) is 0 Å². The highest BCUT2D eigenvalue weighted by atomic mass is 16.5. The highest BCUT2D eigenvalue weighted by molar-refractivity contribution is 5.87. The van der Waals surface area contributed by atoms with Gasteiger partial charge >= 0.3 is 12.2 Å². The number of hydrogen-bond acceptors (Lipinski definition) is 9. The van der Waals surface area contributed by atoms with Crippen molar-refractivity contribution in [2.24, 2.45) is 5.92 Å². The zero-order valence-corrected chi connectivity index (χ0v) is 34.9. The number of hydrogen-bond donors (Lipinski definition) is 4. The lowest BCUT2D eigenvalue weighted by Crippen LogP contribution is -2.44. The van der Waals surface area contributed by atoms with Gasteiger partial charge in [-0.25, -0.2) is 19.6 Å². The van der Waals surface area contributed by atoms with Crippen molar-refractivity contribution in [1.29, 1.82) is 0 Å². The molecule has 3 heterocycles. The van der Waals surface area contributed by atoms with E-state index < -0.39 is 18.2 Å². The Labute approximate surface area is 349 Å². The van der Waals surface area contributed by atoms with E-state index in [1.807, 2.05) is 45.9 Å². The molecule has 0 spiro atoms. The summed E-state index contributed by atoms with van der Waals surface area (Å²) >= 11 is 0. The van der Waals surface area contributed by atoms with E-state index in [1.54, 1.807) is 28.1 Å². The first-order valence-corrected chi connectivity index (χ1v) is 20.3. The second kappa shape index (κ2) is 18.1. The Bertz CT molecular complexity index is 2370. The molecule has 0 fully saturated rings. The predicted octanol–water partition coefficient (Wildman–Crippen LogP) is 6.69. The third kappa shape index (κ3) is 8.99. The highest BCUT2D eigenvalue weighted by Crippen LogP contribution is 2.44. The van der Waals surface area contributed by atoms with Crippen LogP contribution in [0.5, 0.6) is 5.75 Å². The number of nitrogens with one attached hydrogen (secondary N) is 4. The zero-order chi connectivity index (χ0) is 42.5. The standard InChI is InChI=1S/C45H52N8O7/c1-7-27(4)53(40(54)21-47-44(56)58-5)24-39-48-35-16-14-29-18-34-32-15-13-30(17-31(32)25-60-37(34)19-33(29)42(35)50-39)36-20-46-38(49-36)23-52(22-26(2)3)43(55)41(51-45(57)59-6)28-11-9-8-10-12-28/h8-13,15,17-20,26-27,41H,7,14,16,21-25H2,1-6H3,(H,46,49)(H,47,56)(H,48,50)(H,51,57)/t27-,41+/m0/s1. The second-order valence-corrected chi connectivity index (χ2v) is 15.6. The average Bonchev–Trinajstić information content (AvgIpc) is 3.92. The molecule has 7 rings (SSSR count). The number of alkyl carbamates (subject to hydrolysis) is 2. The van der Waals surface area contributed by atoms with Crippen LogP contribution in [0.4, 0.5) is 9.59 Å². The Hall–Kier alpha value is -6.64. The zero-order valence-electron chi connectivity index (χ0n) is 34.9. The van der Waals surface area contributed by atoms with E-state index in [-0.39, 0.29) is 43.4 Å². The Morgan fingerprint density at radius 2 is 1.65 bits per heavy atom. The van der Waals surface area contributed by atoms with Gasteiger partial charge in [-0.2, -0.15) is 0 Å². The molecule has 314 valence electrons. The number of methoxy groups -OCH3 is 2. The number of carbonyl (C=O) groups is 4. The number of imidazole rings is 2. The van der Waals surface area contributed by atoms with Gasteiger partial charge < -0.3 is 44.6 Å². The van der Waals surface area contributed by atoms with Gasteiger partial charge in [0.15, 0.2) is 0 Å². The van der Waals surface area contributed by atoms with E-state index in [1.165, 1.54) is 19.8 Å². The summed E-state index contributed by atoms with van der Waals surface area (Å²) in [5.74, 6) is 1.77. The minimum atomic E-state index is -0.925. The summed E-state index contributed by atoms with van der Waals surface area (Å²) in [6.45, 7) is 9.25.